The Labute approximate surface area is 142 Å². The zero-order chi connectivity index (χ0) is 16.7. The highest BCUT2D eigenvalue weighted by Gasteiger charge is 2.17. The van der Waals surface area contributed by atoms with Crippen molar-refractivity contribution in [1.82, 2.24) is 4.98 Å². The second kappa shape index (κ2) is 8.17. The quantitative estimate of drug-likeness (QED) is 0.700. The number of aromatic nitrogens is 1. The average molecular weight is 354 g/mol. The van der Waals surface area contributed by atoms with Gasteiger partial charge in [0.05, 0.1) is 16.9 Å². The van der Waals surface area contributed by atoms with Gasteiger partial charge in [-0.3, -0.25) is 4.72 Å². The van der Waals surface area contributed by atoms with Crippen LogP contribution in [0.1, 0.15) is 26.2 Å². The number of benzene rings is 1. The van der Waals surface area contributed by atoms with Gasteiger partial charge in [-0.15, -0.1) is 0 Å². The standard InChI is InChI=1S/C16H20ClN3O2S/c1-2-3-6-11-18-13-9-10-16(19-12-13)20-23(21,22)15-8-5-4-7-14(15)17/h4-5,7-10,12,18H,2-3,6,11H2,1H3,(H,19,20). The molecule has 23 heavy (non-hydrogen) atoms. The minimum absolute atomic E-state index is 0.0326. The Kier molecular flexibility index (Phi) is 6.24. The van der Waals surface area contributed by atoms with E-state index in [0.717, 1.165) is 18.7 Å². The Morgan fingerprint density at radius 3 is 2.57 bits per heavy atom. The third-order valence-electron chi connectivity index (χ3n) is 3.24. The van der Waals surface area contributed by atoms with E-state index in [0.29, 0.717) is 0 Å². The molecular weight excluding hydrogens is 334 g/mol. The van der Waals surface area contributed by atoms with Gasteiger partial charge >= 0.3 is 0 Å². The van der Waals surface area contributed by atoms with Crippen LogP contribution in [0.5, 0.6) is 0 Å². The maximum atomic E-state index is 12.3. The molecule has 0 radical (unpaired) electrons. The van der Waals surface area contributed by atoms with Crippen molar-refractivity contribution >= 4 is 33.1 Å². The number of pyridine rings is 1. The van der Waals surface area contributed by atoms with Gasteiger partial charge < -0.3 is 5.32 Å². The summed E-state index contributed by atoms with van der Waals surface area (Å²) in [5.41, 5.74) is 0.863. The van der Waals surface area contributed by atoms with Gasteiger partial charge in [-0.1, -0.05) is 43.5 Å². The van der Waals surface area contributed by atoms with E-state index in [-0.39, 0.29) is 15.7 Å². The smallest absolute Gasteiger partial charge is 0.264 e. The van der Waals surface area contributed by atoms with Crippen molar-refractivity contribution < 1.29 is 8.42 Å². The number of nitrogens with zero attached hydrogens (tertiary/aromatic N) is 1. The molecule has 0 atom stereocenters. The first kappa shape index (κ1) is 17.6. The zero-order valence-electron chi connectivity index (χ0n) is 12.9. The van der Waals surface area contributed by atoms with Crippen LogP contribution in [0.15, 0.2) is 47.5 Å². The van der Waals surface area contributed by atoms with E-state index in [9.17, 15) is 8.42 Å². The number of unbranched alkanes of at least 4 members (excludes halogenated alkanes) is 2. The van der Waals surface area contributed by atoms with Crippen LogP contribution in [-0.2, 0) is 10.0 Å². The number of anilines is 2. The lowest BCUT2D eigenvalue weighted by molar-refractivity contribution is 0.601. The van der Waals surface area contributed by atoms with Crippen LogP contribution < -0.4 is 10.0 Å². The maximum absolute atomic E-state index is 12.3. The second-order valence-corrected chi connectivity index (χ2v) is 7.16. The SMILES string of the molecule is CCCCCNc1ccc(NS(=O)(=O)c2ccccc2Cl)nc1. The molecule has 0 unspecified atom stereocenters. The number of sulfonamides is 1. The summed E-state index contributed by atoms with van der Waals surface area (Å²) in [4.78, 5) is 4.15. The number of halogens is 1. The predicted octanol–water partition coefficient (Wildman–Crippen LogP) is 4.14. The fourth-order valence-corrected chi connectivity index (χ4v) is 3.55. The summed E-state index contributed by atoms with van der Waals surface area (Å²) in [6.45, 7) is 3.03. The summed E-state index contributed by atoms with van der Waals surface area (Å²) in [5.74, 6) is 0.254. The highest BCUT2D eigenvalue weighted by molar-refractivity contribution is 7.92. The second-order valence-electron chi connectivity index (χ2n) is 5.10. The van der Waals surface area contributed by atoms with E-state index in [1.807, 2.05) is 0 Å². The van der Waals surface area contributed by atoms with E-state index in [1.165, 1.54) is 25.0 Å². The van der Waals surface area contributed by atoms with Crippen molar-refractivity contribution in [3.8, 4) is 0 Å². The summed E-state index contributed by atoms with van der Waals surface area (Å²) in [6, 6.07) is 9.71. The van der Waals surface area contributed by atoms with Crippen molar-refractivity contribution in [3.63, 3.8) is 0 Å². The van der Waals surface area contributed by atoms with Gasteiger partial charge in [0.1, 0.15) is 10.7 Å². The molecule has 0 aliphatic rings. The van der Waals surface area contributed by atoms with Crippen LogP contribution in [0.4, 0.5) is 11.5 Å². The van der Waals surface area contributed by atoms with Crippen LogP contribution >= 0.6 is 11.6 Å². The monoisotopic (exact) mass is 353 g/mol. The third-order valence-corrected chi connectivity index (χ3v) is 5.09. The summed E-state index contributed by atoms with van der Waals surface area (Å²) in [6.07, 6.45) is 5.05. The van der Waals surface area contributed by atoms with Gasteiger partial charge in [0.25, 0.3) is 10.0 Å². The Morgan fingerprint density at radius 2 is 1.91 bits per heavy atom. The lowest BCUT2D eigenvalue weighted by Gasteiger charge is -2.10. The van der Waals surface area contributed by atoms with E-state index in [1.54, 1.807) is 30.5 Å². The molecule has 0 bridgehead atoms. The highest BCUT2D eigenvalue weighted by Crippen LogP contribution is 2.22. The van der Waals surface area contributed by atoms with Crippen molar-refractivity contribution in [1.29, 1.82) is 0 Å². The number of hydrogen-bond donors (Lipinski definition) is 2. The molecule has 7 heteroatoms. The first-order valence-electron chi connectivity index (χ1n) is 7.50. The summed E-state index contributed by atoms with van der Waals surface area (Å²) in [5, 5.41) is 3.42. The molecule has 1 aromatic heterocycles. The largest absolute Gasteiger partial charge is 0.384 e. The van der Waals surface area contributed by atoms with Gasteiger partial charge in [0, 0.05) is 6.54 Å². The fourth-order valence-electron chi connectivity index (χ4n) is 2.02. The van der Waals surface area contributed by atoms with Crippen molar-refractivity contribution in [3.05, 3.63) is 47.6 Å². The average Bonchev–Trinajstić information content (AvgIpc) is 2.53. The molecule has 124 valence electrons. The molecule has 0 amide bonds. The Balaban J connectivity index is 2.02. The van der Waals surface area contributed by atoms with E-state index in [4.69, 9.17) is 11.6 Å². The molecule has 1 aromatic carbocycles. The number of hydrogen-bond acceptors (Lipinski definition) is 4. The minimum Gasteiger partial charge on any atom is -0.384 e. The Morgan fingerprint density at radius 1 is 1.13 bits per heavy atom. The van der Waals surface area contributed by atoms with E-state index >= 15 is 0 Å². The minimum atomic E-state index is -3.75. The number of nitrogens with one attached hydrogen (secondary N) is 2. The van der Waals surface area contributed by atoms with Crippen molar-refractivity contribution in [2.75, 3.05) is 16.6 Å². The van der Waals surface area contributed by atoms with E-state index < -0.39 is 10.0 Å². The number of rotatable bonds is 8. The van der Waals surface area contributed by atoms with Gasteiger partial charge in [-0.2, -0.15) is 0 Å². The molecule has 2 N–H and O–H groups in total. The maximum Gasteiger partial charge on any atom is 0.264 e. The molecule has 2 rings (SSSR count). The molecule has 0 saturated heterocycles. The van der Waals surface area contributed by atoms with Crippen LogP contribution in [0, 0.1) is 0 Å². The lowest BCUT2D eigenvalue weighted by Crippen LogP contribution is -2.14. The Bertz CT molecular complexity index is 733. The van der Waals surface area contributed by atoms with Gasteiger partial charge in [-0.25, -0.2) is 13.4 Å². The predicted molar refractivity (Wildman–Crippen MR) is 94.5 cm³/mol. The lowest BCUT2D eigenvalue weighted by atomic mass is 10.2. The van der Waals surface area contributed by atoms with Crippen molar-refractivity contribution in [2.45, 2.75) is 31.1 Å². The van der Waals surface area contributed by atoms with Crippen LogP contribution in [-0.4, -0.2) is 19.9 Å². The summed E-state index contributed by atoms with van der Waals surface area (Å²) in [7, 11) is -3.75. The van der Waals surface area contributed by atoms with Gasteiger partial charge in [0.15, 0.2) is 0 Å². The summed E-state index contributed by atoms with van der Waals surface area (Å²) >= 11 is 5.93. The van der Waals surface area contributed by atoms with Gasteiger partial charge in [0.2, 0.25) is 0 Å². The molecule has 0 aliphatic carbocycles. The van der Waals surface area contributed by atoms with Crippen LogP contribution in [0.2, 0.25) is 5.02 Å². The normalized spacial score (nSPS) is 11.2. The van der Waals surface area contributed by atoms with Crippen LogP contribution in [0.3, 0.4) is 0 Å². The first-order valence-corrected chi connectivity index (χ1v) is 9.36. The molecule has 1 heterocycles. The molecule has 0 saturated carbocycles. The molecule has 0 fully saturated rings. The zero-order valence-corrected chi connectivity index (χ0v) is 14.5. The third kappa shape index (κ3) is 5.11. The van der Waals surface area contributed by atoms with E-state index in [2.05, 4.69) is 21.9 Å². The highest BCUT2D eigenvalue weighted by atomic mass is 35.5. The molecular formula is C16H20ClN3O2S. The topological polar surface area (TPSA) is 71.1 Å². The Hall–Kier alpha value is -1.79. The molecule has 0 aliphatic heterocycles. The fraction of sp³-hybridized carbons (Fsp3) is 0.312. The van der Waals surface area contributed by atoms with Gasteiger partial charge in [-0.05, 0) is 30.7 Å². The molecule has 0 spiro atoms. The first-order chi connectivity index (χ1) is 11.0. The summed E-state index contributed by atoms with van der Waals surface area (Å²) < 4.78 is 27.0. The van der Waals surface area contributed by atoms with Crippen LogP contribution in [0.25, 0.3) is 0 Å². The molecule has 5 nitrogen and oxygen atoms in total. The van der Waals surface area contributed by atoms with Crippen molar-refractivity contribution in [2.24, 2.45) is 0 Å². The molecule has 2 aromatic rings.